The zero-order chi connectivity index (χ0) is 57.2. The van der Waals surface area contributed by atoms with Crippen LogP contribution in [0.3, 0.4) is 0 Å². The average molecular weight is 1090 g/mol. The number of carbonyl (C=O) groups is 8. The highest BCUT2D eigenvalue weighted by molar-refractivity contribution is 6.75. The molecule has 424 valence electrons. The second-order valence-corrected chi connectivity index (χ2v) is 33.5. The Hall–Kier alpha value is -5.11. The van der Waals surface area contributed by atoms with E-state index in [1.54, 1.807) is 65.8 Å². The van der Waals surface area contributed by atoms with Gasteiger partial charge in [0.1, 0.15) is 59.8 Å². The lowest BCUT2D eigenvalue weighted by atomic mass is 9.95. The molecular weight excluding hydrogens is 1000 g/mol. The molecule has 1 aromatic rings. The van der Waals surface area contributed by atoms with E-state index >= 15 is 9.59 Å². The van der Waals surface area contributed by atoms with Gasteiger partial charge in [-0.15, -0.1) is 0 Å². The largest absolute Gasteiger partial charge is 0.544 e. The third-order valence-corrected chi connectivity index (χ3v) is 23.2. The molecule has 1 aromatic carbocycles. The van der Waals surface area contributed by atoms with Crippen LogP contribution in [0.25, 0.3) is 0 Å². The Labute approximate surface area is 446 Å². The van der Waals surface area contributed by atoms with Crippen molar-refractivity contribution >= 4 is 64.1 Å². The van der Waals surface area contributed by atoms with E-state index < -0.39 is 137 Å². The van der Waals surface area contributed by atoms with E-state index in [9.17, 15) is 28.8 Å². The number of nitrogens with zero attached hydrogens (tertiary/aromatic N) is 1. The SMILES string of the molecule is COC[C@H]1NC(=O)[C@H](NC(=O)OC(C)(C)C)[C@@H](C(C)C)OC(=O)[C@@H]2CCCCN2C(=O)[C@@H]([C@H](OC)c2ccc(O[Si](C)(C)C(C)(C)C)cc2)NC(=O)[C@H]([C@@H](C)O[Si](C)(C)C(C)(C)C)NC(=O)[C@H](C)NC(=O)CNC1=O. The Morgan fingerprint density at radius 2 is 1.36 bits per heavy atom. The van der Waals surface area contributed by atoms with Crippen LogP contribution in [0.2, 0.25) is 36.3 Å². The monoisotopic (exact) mass is 1090 g/mol. The van der Waals surface area contributed by atoms with E-state index in [-0.39, 0.29) is 29.6 Å². The number of benzene rings is 1. The number of carbonyl (C=O) groups excluding carboxylic acids is 8. The first-order valence-electron chi connectivity index (χ1n) is 25.9. The summed E-state index contributed by atoms with van der Waals surface area (Å²) in [5, 5.41) is 15.3. The van der Waals surface area contributed by atoms with Gasteiger partial charge in [-0.25, -0.2) is 9.59 Å². The number of ether oxygens (including phenoxy) is 4. The number of amides is 7. The molecule has 9 atom stereocenters. The van der Waals surface area contributed by atoms with E-state index in [0.29, 0.717) is 24.2 Å². The van der Waals surface area contributed by atoms with Crippen molar-refractivity contribution in [3.8, 4) is 5.75 Å². The quantitative estimate of drug-likeness (QED) is 0.122. The van der Waals surface area contributed by atoms with Gasteiger partial charge < -0.3 is 64.6 Å². The van der Waals surface area contributed by atoms with Crippen LogP contribution >= 0.6 is 0 Å². The zero-order valence-corrected chi connectivity index (χ0v) is 50.0. The number of methoxy groups -OCH3 is 2. The third-order valence-electron chi connectivity index (χ3n) is 14.3. The highest BCUT2D eigenvalue weighted by Crippen LogP contribution is 2.39. The standard InChI is InChI=1S/C52H89N7O14Si2/c1-30(2)41-39(58-49(67)71-50(5,6)7)46(64)55-35(29-68-14)44(62)53-28-37(60)54-31(3)43(61)56-38(32(4)72-74(16,17)51(8,9)10)45(63)57-40(47(65)59-27-21-20-22-36(59)48(66)70-41)42(69-15)33-23-25-34(26-24-33)73-75(18,19)52(11,12)13/h23-26,30-32,35-36,38-42H,20-22,27-29H2,1-19H3,(H,53,62)(H,54,60)(H,55,64)(H,56,61)(H,57,63)(H,58,67)/t31-,32+,35+,36-,38-,39+,40+,41+,42+/m0/s1. The Morgan fingerprint density at radius 1 is 0.773 bits per heavy atom. The van der Waals surface area contributed by atoms with Crippen molar-refractivity contribution in [2.24, 2.45) is 5.92 Å². The van der Waals surface area contributed by atoms with Gasteiger partial charge in [-0.1, -0.05) is 67.5 Å². The minimum Gasteiger partial charge on any atom is -0.544 e. The van der Waals surface area contributed by atoms with Crippen molar-refractivity contribution < 1.29 is 66.2 Å². The Bertz CT molecular complexity index is 2170. The molecule has 2 heterocycles. The molecule has 21 nitrogen and oxygen atoms in total. The zero-order valence-electron chi connectivity index (χ0n) is 48.0. The summed E-state index contributed by atoms with van der Waals surface area (Å²) in [5.41, 5.74) is -0.544. The molecule has 2 aliphatic rings. The fraction of sp³-hybridized carbons (Fsp3) is 0.731. The minimum absolute atomic E-state index is 0.0448. The summed E-state index contributed by atoms with van der Waals surface area (Å²) >= 11 is 0. The van der Waals surface area contributed by atoms with Crippen molar-refractivity contribution in [2.45, 2.75) is 206 Å². The van der Waals surface area contributed by atoms with Gasteiger partial charge in [0.2, 0.25) is 43.8 Å². The van der Waals surface area contributed by atoms with Crippen molar-refractivity contribution in [1.82, 2.24) is 36.8 Å². The van der Waals surface area contributed by atoms with Crippen LogP contribution in [0, 0.1) is 5.92 Å². The van der Waals surface area contributed by atoms with E-state index in [4.69, 9.17) is 27.8 Å². The molecule has 23 heteroatoms. The van der Waals surface area contributed by atoms with Crippen LogP contribution in [-0.2, 0) is 56.9 Å². The maximum atomic E-state index is 15.5. The molecule has 7 amide bonds. The van der Waals surface area contributed by atoms with Crippen molar-refractivity contribution in [3.63, 3.8) is 0 Å². The lowest BCUT2D eigenvalue weighted by molar-refractivity contribution is -0.167. The minimum atomic E-state index is -2.66. The summed E-state index contributed by atoms with van der Waals surface area (Å²) in [6.07, 6.45) is -3.55. The highest BCUT2D eigenvalue weighted by Gasteiger charge is 2.47. The number of cyclic esters (lactones) is 1. The number of fused-ring (bicyclic) bond motifs is 1. The average Bonchev–Trinajstić information content (AvgIpc) is 3.28. The molecule has 2 saturated heterocycles. The number of piperidine rings is 1. The molecule has 0 spiro atoms. The summed E-state index contributed by atoms with van der Waals surface area (Å²) in [4.78, 5) is 116. The van der Waals surface area contributed by atoms with Gasteiger partial charge in [0.05, 0.1) is 19.3 Å². The fourth-order valence-electron chi connectivity index (χ4n) is 7.94. The molecular formula is C52H89N7O14Si2. The molecule has 0 aliphatic carbocycles. The maximum absolute atomic E-state index is 15.5. The summed E-state index contributed by atoms with van der Waals surface area (Å²) in [5.74, 6) is -5.96. The first-order valence-corrected chi connectivity index (χ1v) is 31.7. The lowest BCUT2D eigenvalue weighted by Crippen LogP contribution is -2.64. The molecule has 6 N–H and O–H groups in total. The van der Waals surface area contributed by atoms with E-state index in [1.165, 1.54) is 26.0 Å². The van der Waals surface area contributed by atoms with Gasteiger partial charge in [-0.2, -0.15) is 0 Å². The molecule has 2 aliphatic heterocycles. The number of nitrogens with one attached hydrogen (secondary N) is 6. The van der Waals surface area contributed by atoms with E-state index in [2.05, 4.69) is 65.8 Å². The molecule has 0 unspecified atom stereocenters. The molecule has 2 fully saturated rings. The van der Waals surface area contributed by atoms with Crippen molar-refractivity contribution in [1.29, 1.82) is 0 Å². The Kier molecular flexibility index (Phi) is 22.5. The topological polar surface area (TPSA) is 267 Å². The Balaban J connectivity index is 2.33. The van der Waals surface area contributed by atoms with E-state index in [1.807, 2.05) is 33.9 Å². The molecule has 0 saturated carbocycles. The Morgan fingerprint density at radius 3 is 1.89 bits per heavy atom. The third kappa shape index (κ3) is 18.0. The normalized spacial score (nSPS) is 24.9. The van der Waals surface area contributed by atoms with Crippen molar-refractivity contribution in [2.75, 3.05) is 33.9 Å². The number of esters is 1. The summed E-state index contributed by atoms with van der Waals surface area (Å²) in [6, 6.07) is -1.65. The van der Waals surface area contributed by atoms with Crippen molar-refractivity contribution in [3.05, 3.63) is 29.8 Å². The lowest BCUT2D eigenvalue weighted by Gasteiger charge is -2.41. The van der Waals surface area contributed by atoms with Gasteiger partial charge in [0.25, 0.3) is 0 Å². The van der Waals surface area contributed by atoms with Gasteiger partial charge in [0, 0.05) is 20.8 Å². The molecule has 3 rings (SSSR count). The van der Waals surface area contributed by atoms with Gasteiger partial charge >= 0.3 is 12.1 Å². The van der Waals surface area contributed by atoms with E-state index in [0.717, 1.165) is 0 Å². The summed E-state index contributed by atoms with van der Waals surface area (Å²) in [6.45, 7) is 30.8. The first-order chi connectivity index (χ1) is 34.4. The second-order valence-electron chi connectivity index (χ2n) is 24.0. The van der Waals surface area contributed by atoms with Crippen LogP contribution in [0.5, 0.6) is 5.75 Å². The van der Waals surface area contributed by atoms with Gasteiger partial charge in [-0.05, 0) is 114 Å². The molecule has 75 heavy (non-hydrogen) atoms. The van der Waals surface area contributed by atoms with Crippen LogP contribution in [-0.4, -0.2) is 157 Å². The number of hydrogen-bond donors (Lipinski definition) is 6. The summed E-state index contributed by atoms with van der Waals surface area (Å²) in [7, 11) is -2.27. The molecule has 0 radical (unpaired) electrons. The first kappa shape index (κ1) is 64.2. The van der Waals surface area contributed by atoms with Crippen LogP contribution in [0.1, 0.15) is 121 Å². The number of alkyl carbamates (subject to hydrolysis) is 1. The van der Waals surface area contributed by atoms with Gasteiger partial charge in [-0.3, -0.25) is 28.8 Å². The highest BCUT2D eigenvalue weighted by atomic mass is 28.4. The predicted octanol–water partition coefficient (Wildman–Crippen LogP) is 4.75. The maximum Gasteiger partial charge on any atom is 0.408 e. The second kappa shape index (κ2) is 26.3. The van der Waals surface area contributed by atoms with Crippen LogP contribution in [0.15, 0.2) is 24.3 Å². The predicted molar refractivity (Wildman–Crippen MR) is 287 cm³/mol. The molecule has 0 aromatic heterocycles. The number of rotatable bonds is 12. The van der Waals surface area contributed by atoms with Crippen LogP contribution < -0.4 is 36.3 Å². The van der Waals surface area contributed by atoms with Crippen LogP contribution in [0.4, 0.5) is 4.79 Å². The smallest absolute Gasteiger partial charge is 0.408 e. The fourth-order valence-corrected chi connectivity index (χ4v) is 10.4. The molecule has 0 bridgehead atoms. The summed E-state index contributed by atoms with van der Waals surface area (Å²) < 4.78 is 36.3. The number of hydrogen-bond acceptors (Lipinski definition) is 14. The van der Waals surface area contributed by atoms with Gasteiger partial charge in [0.15, 0.2) is 8.32 Å².